The number of ether oxygens (including phenoxy) is 3. The van der Waals surface area contributed by atoms with E-state index in [1.807, 2.05) is 30.3 Å². The van der Waals surface area contributed by atoms with Crippen molar-refractivity contribution in [1.82, 2.24) is 0 Å². The third-order valence-corrected chi connectivity index (χ3v) is 5.71. The van der Waals surface area contributed by atoms with Crippen LogP contribution in [0.1, 0.15) is 17.5 Å². The van der Waals surface area contributed by atoms with Gasteiger partial charge in [-0.15, -0.1) is 0 Å². The van der Waals surface area contributed by atoms with Crippen LogP contribution in [0.5, 0.6) is 11.5 Å². The number of rotatable bonds is 4. The van der Waals surface area contributed by atoms with E-state index in [-0.39, 0.29) is 6.42 Å². The Morgan fingerprint density at radius 3 is 2.52 bits per heavy atom. The molecule has 1 fully saturated rings. The highest BCUT2D eigenvalue weighted by molar-refractivity contribution is 6.26. The van der Waals surface area contributed by atoms with E-state index in [0.717, 1.165) is 5.56 Å². The summed E-state index contributed by atoms with van der Waals surface area (Å²) in [6.45, 7) is 0. The molecular weight excluding hydrogens is 400 g/mol. The third kappa shape index (κ3) is 3.32. The lowest BCUT2D eigenvalue weighted by atomic mass is 9.69. The van der Waals surface area contributed by atoms with Crippen LogP contribution in [-0.2, 0) is 20.7 Å². The first-order valence-corrected chi connectivity index (χ1v) is 9.71. The quantitative estimate of drug-likeness (QED) is 0.444. The Hall–Kier alpha value is -3.42. The molecule has 0 amide bonds. The molecule has 4 rings (SSSR count). The number of carbonyl (C=O) groups excluding carboxylic acids is 2. The average molecular weight is 422 g/mol. The van der Waals surface area contributed by atoms with Crippen LogP contribution in [0, 0.1) is 0 Å². The van der Waals surface area contributed by atoms with Gasteiger partial charge in [-0.25, -0.2) is 0 Å². The molecule has 1 saturated carbocycles. The van der Waals surface area contributed by atoms with Gasteiger partial charge in [0.25, 0.3) is 5.79 Å². The molecule has 1 aliphatic carbocycles. The molecule has 1 heterocycles. The Kier molecular flexibility index (Phi) is 5.16. The minimum absolute atomic E-state index is 0.168. The number of carbonyl (C=O) groups is 2. The summed E-state index contributed by atoms with van der Waals surface area (Å²) in [5, 5.41) is 22.0. The molecule has 2 aromatic rings. The van der Waals surface area contributed by atoms with E-state index in [1.54, 1.807) is 24.3 Å². The molecule has 0 bridgehead atoms. The van der Waals surface area contributed by atoms with Crippen molar-refractivity contribution in [2.75, 3.05) is 14.2 Å². The van der Waals surface area contributed by atoms with E-state index in [0.29, 0.717) is 17.1 Å². The molecule has 2 atom stereocenters. The van der Waals surface area contributed by atoms with Crippen molar-refractivity contribution in [3.05, 3.63) is 77.1 Å². The van der Waals surface area contributed by atoms with Gasteiger partial charge in [0, 0.05) is 19.1 Å². The summed E-state index contributed by atoms with van der Waals surface area (Å²) >= 11 is 0. The first kappa shape index (κ1) is 20.8. The molecule has 160 valence electrons. The molecule has 2 aliphatic rings. The summed E-state index contributed by atoms with van der Waals surface area (Å²) in [7, 11) is 2.77. The van der Waals surface area contributed by atoms with E-state index < -0.39 is 40.7 Å². The highest BCUT2D eigenvalue weighted by atomic mass is 16.7. The number of fused-ring (bicyclic) bond motifs is 2. The predicted octanol–water partition coefficient (Wildman–Crippen LogP) is 2.77. The second-order valence-corrected chi connectivity index (χ2v) is 7.50. The van der Waals surface area contributed by atoms with Crippen molar-refractivity contribution in [3.8, 4) is 11.5 Å². The number of Topliss-reactive ketones (excluding diaryl/α,β-unsaturated/α-hetero) is 2. The van der Waals surface area contributed by atoms with Gasteiger partial charge >= 0.3 is 0 Å². The first-order chi connectivity index (χ1) is 14.8. The first-order valence-electron chi connectivity index (χ1n) is 9.71. The number of hydrogen-bond acceptors (Lipinski definition) is 7. The van der Waals surface area contributed by atoms with Crippen LogP contribution in [0.4, 0.5) is 0 Å². The Bertz CT molecular complexity index is 1100. The number of allylic oxidation sites excluding steroid dienone is 1. The summed E-state index contributed by atoms with van der Waals surface area (Å²) in [6.07, 6.45) is 2.24. The van der Waals surface area contributed by atoms with Gasteiger partial charge in [-0.2, -0.15) is 0 Å². The largest absolute Gasteiger partial charge is 0.507 e. The predicted molar refractivity (Wildman–Crippen MR) is 112 cm³/mol. The molecular formula is C24H22O7. The lowest BCUT2D eigenvalue weighted by Crippen LogP contribution is -2.70. The maximum Gasteiger partial charge on any atom is 0.254 e. The van der Waals surface area contributed by atoms with Crippen molar-refractivity contribution < 1.29 is 34.0 Å². The van der Waals surface area contributed by atoms with E-state index in [1.165, 1.54) is 20.3 Å². The van der Waals surface area contributed by atoms with E-state index in [2.05, 4.69) is 0 Å². The highest BCUT2D eigenvalue weighted by Crippen LogP contribution is 2.48. The molecule has 0 spiro atoms. The molecule has 0 radical (unpaired) electrons. The van der Waals surface area contributed by atoms with Gasteiger partial charge < -0.3 is 24.4 Å². The number of hydrogen-bond donors (Lipinski definition) is 2. The summed E-state index contributed by atoms with van der Waals surface area (Å²) in [4.78, 5) is 26.2. The van der Waals surface area contributed by atoms with Crippen LogP contribution < -0.4 is 9.47 Å². The van der Waals surface area contributed by atoms with Crippen LogP contribution in [0.15, 0.2) is 65.9 Å². The van der Waals surface area contributed by atoms with Crippen molar-refractivity contribution in [2.24, 2.45) is 0 Å². The van der Waals surface area contributed by atoms with Crippen LogP contribution in [0.2, 0.25) is 0 Å². The van der Waals surface area contributed by atoms with Crippen molar-refractivity contribution in [2.45, 2.75) is 24.2 Å². The minimum atomic E-state index is -2.21. The summed E-state index contributed by atoms with van der Waals surface area (Å²) in [5.74, 6) is -3.13. The average Bonchev–Trinajstić information content (AvgIpc) is 2.77. The monoisotopic (exact) mass is 422 g/mol. The SMILES string of the molecule is COc1ccc2c(c1)C[C@]1(O)C(=O)/C(=C(O)/C=C/c3ccccc3)C(=O)C[C@@]1(OC)O2. The van der Waals surface area contributed by atoms with Crippen LogP contribution >= 0.6 is 0 Å². The zero-order valence-corrected chi connectivity index (χ0v) is 17.1. The van der Waals surface area contributed by atoms with Crippen molar-refractivity contribution in [3.63, 3.8) is 0 Å². The normalized spacial score (nSPS) is 26.8. The zero-order chi connectivity index (χ0) is 22.2. The van der Waals surface area contributed by atoms with Gasteiger partial charge in [0.15, 0.2) is 11.4 Å². The fourth-order valence-corrected chi connectivity index (χ4v) is 4.03. The Labute approximate surface area is 179 Å². The van der Waals surface area contributed by atoms with E-state index in [4.69, 9.17) is 14.2 Å². The molecule has 7 heteroatoms. The number of methoxy groups -OCH3 is 2. The highest BCUT2D eigenvalue weighted by Gasteiger charge is 2.66. The van der Waals surface area contributed by atoms with Gasteiger partial charge in [-0.05, 0) is 29.8 Å². The van der Waals surface area contributed by atoms with Crippen LogP contribution in [-0.4, -0.2) is 47.4 Å². The zero-order valence-electron chi connectivity index (χ0n) is 17.1. The topological polar surface area (TPSA) is 102 Å². The summed E-state index contributed by atoms with van der Waals surface area (Å²) in [5.41, 5.74) is -1.38. The molecule has 0 saturated heterocycles. The number of benzene rings is 2. The molecule has 2 aromatic carbocycles. The second-order valence-electron chi connectivity index (χ2n) is 7.50. The van der Waals surface area contributed by atoms with Crippen molar-refractivity contribution >= 4 is 17.6 Å². The lowest BCUT2D eigenvalue weighted by molar-refractivity contribution is -0.271. The molecule has 2 N–H and O–H groups in total. The van der Waals surface area contributed by atoms with E-state index >= 15 is 0 Å². The fourth-order valence-electron chi connectivity index (χ4n) is 4.03. The van der Waals surface area contributed by atoms with Crippen molar-refractivity contribution in [1.29, 1.82) is 0 Å². The van der Waals surface area contributed by atoms with E-state index in [9.17, 15) is 19.8 Å². The molecule has 31 heavy (non-hydrogen) atoms. The maximum atomic E-state index is 13.4. The molecule has 0 unspecified atom stereocenters. The van der Waals surface area contributed by atoms with Gasteiger partial charge in [-0.1, -0.05) is 36.4 Å². The van der Waals surface area contributed by atoms with Gasteiger partial charge in [0.2, 0.25) is 5.78 Å². The summed E-state index contributed by atoms with van der Waals surface area (Å²) < 4.78 is 16.5. The van der Waals surface area contributed by atoms with Gasteiger partial charge in [0.1, 0.15) is 22.8 Å². The number of aliphatic hydroxyl groups excluding tert-OH is 1. The second kappa shape index (κ2) is 7.68. The number of ketones is 2. The third-order valence-electron chi connectivity index (χ3n) is 5.71. The molecule has 1 aliphatic heterocycles. The standard InChI is InChI=1S/C24H22O7/c1-29-17-9-11-20-16(12-17)13-23(28)22(27)21(19(26)14-24(23,30-2)31-20)18(25)10-8-15-6-4-3-5-7-15/h3-12,25,28H,13-14H2,1-2H3/b10-8+,21-18-/t23-,24+/m0/s1. The van der Waals surface area contributed by atoms with Crippen LogP contribution in [0.3, 0.4) is 0 Å². The molecule has 0 aromatic heterocycles. The lowest BCUT2D eigenvalue weighted by Gasteiger charge is -2.50. The minimum Gasteiger partial charge on any atom is -0.507 e. The Morgan fingerprint density at radius 1 is 1.10 bits per heavy atom. The Morgan fingerprint density at radius 2 is 1.84 bits per heavy atom. The Balaban J connectivity index is 1.77. The smallest absolute Gasteiger partial charge is 0.254 e. The van der Waals surface area contributed by atoms with Crippen LogP contribution in [0.25, 0.3) is 6.08 Å². The van der Waals surface area contributed by atoms with Gasteiger partial charge in [-0.3, -0.25) is 9.59 Å². The van der Waals surface area contributed by atoms with Gasteiger partial charge in [0.05, 0.1) is 13.5 Å². The molecule has 7 nitrogen and oxygen atoms in total. The fraction of sp³-hybridized carbons (Fsp3) is 0.250. The summed E-state index contributed by atoms with van der Waals surface area (Å²) in [6, 6.07) is 14.1. The number of aliphatic hydroxyl groups is 2. The maximum absolute atomic E-state index is 13.4.